The molecule has 0 saturated carbocycles. The van der Waals surface area contributed by atoms with Gasteiger partial charge < -0.3 is 10.0 Å². The van der Waals surface area contributed by atoms with Crippen LogP contribution in [0, 0.1) is 5.92 Å². The fraction of sp³-hybridized carbons (Fsp3) is 0.429. The average Bonchev–Trinajstić information content (AvgIpc) is 2.20. The third-order valence-corrected chi connectivity index (χ3v) is 2.82. The summed E-state index contributed by atoms with van der Waals surface area (Å²) in [7, 11) is 4.11. The molecule has 2 heteroatoms. The highest BCUT2D eigenvalue weighted by Gasteiger charge is 2.19. The van der Waals surface area contributed by atoms with Crippen LogP contribution in [0.25, 0.3) is 0 Å². The van der Waals surface area contributed by atoms with Crippen LogP contribution in [0.5, 0.6) is 5.75 Å². The minimum atomic E-state index is 0.198. The van der Waals surface area contributed by atoms with Crippen molar-refractivity contribution in [2.45, 2.75) is 12.8 Å². The molecule has 0 amide bonds. The lowest BCUT2D eigenvalue weighted by Gasteiger charge is -2.24. The van der Waals surface area contributed by atoms with Crippen molar-refractivity contribution in [3.63, 3.8) is 0 Å². The van der Waals surface area contributed by atoms with E-state index in [2.05, 4.69) is 32.5 Å². The van der Waals surface area contributed by atoms with Crippen molar-refractivity contribution in [1.29, 1.82) is 0 Å². The molecule has 1 unspecified atom stereocenters. The molecular weight excluding hydrogens is 198 g/mol. The maximum absolute atomic E-state index is 9.83. The van der Waals surface area contributed by atoms with Crippen molar-refractivity contribution in [3.05, 3.63) is 42.5 Å². The lowest BCUT2D eigenvalue weighted by Crippen LogP contribution is -2.23. The Morgan fingerprint density at radius 3 is 2.50 bits per heavy atom. The van der Waals surface area contributed by atoms with Crippen molar-refractivity contribution >= 4 is 0 Å². The van der Waals surface area contributed by atoms with Crippen LogP contribution in [-0.4, -0.2) is 30.6 Å². The van der Waals surface area contributed by atoms with E-state index in [1.165, 1.54) is 0 Å². The topological polar surface area (TPSA) is 23.5 Å². The van der Waals surface area contributed by atoms with E-state index in [0.29, 0.717) is 11.7 Å². The minimum Gasteiger partial charge on any atom is -0.508 e. The first kappa shape index (κ1) is 12.8. The van der Waals surface area contributed by atoms with Gasteiger partial charge in [0.2, 0.25) is 0 Å². The van der Waals surface area contributed by atoms with Gasteiger partial charge in [-0.3, -0.25) is 0 Å². The van der Waals surface area contributed by atoms with E-state index < -0.39 is 0 Å². The second-order valence-corrected chi connectivity index (χ2v) is 4.56. The van der Waals surface area contributed by atoms with Crippen LogP contribution in [0.1, 0.15) is 18.4 Å². The van der Waals surface area contributed by atoms with Crippen LogP contribution < -0.4 is 0 Å². The molecule has 0 aliphatic heterocycles. The maximum atomic E-state index is 9.83. The van der Waals surface area contributed by atoms with Crippen LogP contribution >= 0.6 is 0 Å². The van der Waals surface area contributed by atoms with E-state index in [4.69, 9.17) is 0 Å². The first-order valence-electron chi connectivity index (χ1n) is 5.61. The molecule has 1 rings (SSSR count). The predicted octanol–water partition coefficient (Wildman–Crippen LogP) is 2.86. The summed E-state index contributed by atoms with van der Waals surface area (Å²) in [6, 6.07) is 7.49. The fourth-order valence-corrected chi connectivity index (χ4v) is 2.12. The smallest absolute Gasteiger partial charge is 0.119 e. The van der Waals surface area contributed by atoms with Gasteiger partial charge in [0, 0.05) is 18.0 Å². The average molecular weight is 219 g/mol. The van der Waals surface area contributed by atoms with E-state index >= 15 is 0 Å². The Morgan fingerprint density at radius 2 is 2.00 bits per heavy atom. The summed E-state index contributed by atoms with van der Waals surface area (Å²) in [5.74, 6) is 0.988. The molecule has 0 aliphatic carbocycles. The molecular formula is C14H21NO. The van der Waals surface area contributed by atoms with Crippen molar-refractivity contribution in [2.75, 3.05) is 20.6 Å². The number of phenols is 1. The molecule has 0 saturated heterocycles. The van der Waals surface area contributed by atoms with Crippen LogP contribution in [0.4, 0.5) is 0 Å². The number of allylic oxidation sites excluding steroid dienone is 1. The highest BCUT2D eigenvalue weighted by molar-refractivity contribution is 5.37. The van der Waals surface area contributed by atoms with E-state index in [0.717, 1.165) is 12.1 Å². The van der Waals surface area contributed by atoms with Gasteiger partial charge in [-0.05, 0) is 26.1 Å². The lowest BCUT2D eigenvalue weighted by atomic mass is 9.86. The van der Waals surface area contributed by atoms with Gasteiger partial charge in [0.05, 0.1) is 0 Å². The van der Waals surface area contributed by atoms with E-state index in [1.54, 1.807) is 6.07 Å². The molecule has 88 valence electrons. The van der Waals surface area contributed by atoms with Gasteiger partial charge >= 0.3 is 0 Å². The molecule has 1 N–H and O–H groups in total. The van der Waals surface area contributed by atoms with E-state index in [9.17, 15) is 5.11 Å². The summed E-state index contributed by atoms with van der Waals surface area (Å²) in [6.45, 7) is 7.03. The zero-order chi connectivity index (χ0) is 12.1. The first-order chi connectivity index (χ1) is 7.56. The monoisotopic (exact) mass is 219 g/mol. The second-order valence-electron chi connectivity index (χ2n) is 4.56. The molecule has 0 spiro atoms. The third kappa shape index (κ3) is 3.11. The van der Waals surface area contributed by atoms with E-state index in [1.807, 2.05) is 24.3 Å². The number of benzene rings is 1. The summed E-state index contributed by atoms with van der Waals surface area (Å²) >= 11 is 0. The van der Waals surface area contributed by atoms with Gasteiger partial charge in [0.15, 0.2) is 0 Å². The van der Waals surface area contributed by atoms with Gasteiger partial charge in [-0.1, -0.05) is 31.2 Å². The Balaban J connectivity index is 2.90. The zero-order valence-electron chi connectivity index (χ0n) is 10.4. The Kier molecular flexibility index (Phi) is 4.56. The number of hydrogen-bond donors (Lipinski definition) is 1. The minimum absolute atomic E-state index is 0.198. The maximum Gasteiger partial charge on any atom is 0.119 e. The number of phenolic OH excluding ortho intramolecular Hbond substituents is 1. The van der Waals surface area contributed by atoms with Crippen LogP contribution in [0.15, 0.2) is 36.9 Å². The third-order valence-electron chi connectivity index (χ3n) is 2.82. The van der Waals surface area contributed by atoms with Crippen LogP contribution in [0.2, 0.25) is 0 Å². The Labute approximate surface area is 98.2 Å². The second kappa shape index (κ2) is 5.71. The summed E-state index contributed by atoms with van der Waals surface area (Å²) in [6.07, 6.45) is 1.92. The molecule has 0 radical (unpaired) electrons. The van der Waals surface area contributed by atoms with Gasteiger partial charge in [0.1, 0.15) is 5.75 Å². The van der Waals surface area contributed by atoms with Gasteiger partial charge in [-0.2, -0.15) is 0 Å². The van der Waals surface area contributed by atoms with Crippen LogP contribution in [0.3, 0.4) is 0 Å². The SMILES string of the molecule is C=CC(c1ccccc1O)[C@H](C)CN(C)C. The molecule has 1 aromatic carbocycles. The number of para-hydroxylation sites is 1. The highest BCUT2D eigenvalue weighted by atomic mass is 16.3. The first-order valence-corrected chi connectivity index (χ1v) is 5.61. The van der Waals surface area contributed by atoms with Gasteiger partial charge in [-0.25, -0.2) is 0 Å². The quantitative estimate of drug-likeness (QED) is 0.770. The van der Waals surface area contributed by atoms with Crippen molar-refractivity contribution in [3.8, 4) is 5.75 Å². The van der Waals surface area contributed by atoms with Gasteiger partial charge in [0.25, 0.3) is 0 Å². The normalized spacial score (nSPS) is 14.8. The number of aromatic hydroxyl groups is 1. The summed E-state index contributed by atoms with van der Waals surface area (Å²) < 4.78 is 0. The summed E-state index contributed by atoms with van der Waals surface area (Å²) in [4.78, 5) is 2.15. The molecule has 1 aromatic rings. The lowest BCUT2D eigenvalue weighted by molar-refractivity contribution is 0.320. The Morgan fingerprint density at radius 1 is 1.38 bits per heavy atom. The Bertz CT molecular complexity index is 346. The molecule has 0 heterocycles. The summed E-state index contributed by atoms with van der Waals surface area (Å²) in [5, 5.41) is 9.83. The molecule has 0 aromatic heterocycles. The van der Waals surface area contributed by atoms with Crippen molar-refractivity contribution in [2.24, 2.45) is 5.92 Å². The highest BCUT2D eigenvalue weighted by Crippen LogP contribution is 2.32. The molecule has 16 heavy (non-hydrogen) atoms. The van der Waals surface area contributed by atoms with Gasteiger partial charge in [-0.15, -0.1) is 6.58 Å². The largest absolute Gasteiger partial charge is 0.508 e. The molecule has 2 nitrogen and oxygen atoms in total. The van der Waals surface area contributed by atoms with Crippen molar-refractivity contribution in [1.82, 2.24) is 4.90 Å². The summed E-state index contributed by atoms with van der Waals surface area (Å²) in [5.41, 5.74) is 0.965. The standard InChI is InChI=1S/C14H21NO/c1-5-12(11(2)10-15(3)4)13-8-6-7-9-14(13)16/h5-9,11-12,16H,1,10H2,2-4H3/t11-,12?/m1/s1. The molecule has 2 atom stereocenters. The Hall–Kier alpha value is -1.28. The molecule has 0 fully saturated rings. The van der Waals surface area contributed by atoms with Crippen LogP contribution in [-0.2, 0) is 0 Å². The fourth-order valence-electron chi connectivity index (χ4n) is 2.12. The predicted molar refractivity (Wildman–Crippen MR) is 68.8 cm³/mol. The van der Waals surface area contributed by atoms with Crippen molar-refractivity contribution < 1.29 is 5.11 Å². The molecule has 0 bridgehead atoms. The zero-order valence-corrected chi connectivity index (χ0v) is 10.4. The number of hydrogen-bond acceptors (Lipinski definition) is 2. The number of rotatable bonds is 5. The van der Waals surface area contributed by atoms with E-state index in [-0.39, 0.29) is 5.92 Å². The molecule has 0 aliphatic rings. The number of nitrogens with zero attached hydrogens (tertiary/aromatic N) is 1.